The fourth-order valence-electron chi connectivity index (χ4n) is 2.29. The Balaban J connectivity index is 2.29. The van der Waals surface area contributed by atoms with Crippen molar-refractivity contribution in [1.29, 1.82) is 0 Å². The second-order valence-electron chi connectivity index (χ2n) is 4.91. The van der Waals surface area contributed by atoms with Crippen molar-refractivity contribution in [2.24, 2.45) is 0 Å². The maximum absolute atomic E-state index is 14.9. The Morgan fingerprint density at radius 2 is 2.12 bits per heavy atom. The number of hydrogen-bond donors (Lipinski definition) is 1. The predicted molar refractivity (Wildman–Crippen MR) is 67.1 cm³/mol. The van der Waals surface area contributed by atoms with Crippen LogP contribution in [0.5, 0.6) is 5.75 Å². The fourth-order valence-corrected chi connectivity index (χ4v) is 2.29. The minimum Gasteiger partial charge on any atom is -0.491 e. The summed E-state index contributed by atoms with van der Waals surface area (Å²) in [5, 5.41) is 3.12. The molecule has 17 heavy (non-hydrogen) atoms. The quantitative estimate of drug-likeness (QED) is 0.872. The lowest BCUT2D eigenvalue weighted by molar-refractivity contribution is 0.114. The van der Waals surface area contributed by atoms with Gasteiger partial charge >= 0.3 is 0 Å². The van der Waals surface area contributed by atoms with Crippen LogP contribution in [-0.2, 0) is 5.67 Å². The molecule has 1 aromatic carbocycles. The number of halogens is 1. The molecule has 1 unspecified atom stereocenters. The largest absolute Gasteiger partial charge is 0.491 e. The first kappa shape index (κ1) is 12.4. The van der Waals surface area contributed by atoms with Gasteiger partial charge in [-0.3, -0.25) is 0 Å². The van der Waals surface area contributed by atoms with E-state index in [9.17, 15) is 4.39 Å². The molecule has 1 aliphatic rings. The minimum absolute atomic E-state index is 0.0660. The van der Waals surface area contributed by atoms with Gasteiger partial charge in [0.2, 0.25) is 0 Å². The predicted octanol–water partition coefficient (Wildman–Crippen LogP) is 3.02. The van der Waals surface area contributed by atoms with E-state index in [2.05, 4.69) is 5.32 Å². The van der Waals surface area contributed by atoms with Crippen molar-refractivity contribution in [3.63, 3.8) is 0 Å². The minimum atomic E-state index is -1.29. The molecule has 3 heteroatoms. The van der Waals surface area contributed by atoms with E-state index in [1.54, 1.807) is 0 Å². The summed E-state index contributed by atoms with van der Waals surface area (Å²) in [5.41, 5.74) is -0.607. The maximum atomic E-state index is 14.9. The van der Waals surface area contributed by atoms with Gasteiger partial charge in [0.25, 0.3) is 0 Å². The van der Waals surface area contributed by atoms with Gasteiger partial charge in [0.05, 0.1) is 6.10 Å². The number of piperidine rings is 1. The molecule has 2 rings (SSSR count). The molecule has 0 saturated carbocycles. The van der Waals surface area contributed by atoms with Crippen LogP contribution in [-0.4, -0.2) is 19.2 Å². The standard InChI is InChI=1S/C14H20FNO/c1-11(2)17-13-7-4-3-6-12(13)14(15)8-5-9-16-10-14/h3-4,6-7,11,16H,5,8-10H2,1-2H3. The summed E-state index contributed by atoms with van der Waals surface area (Å²) in [6.45, 7) is 5.20. The summed E-state index contributed by atoms with van der Waals surface area (Å²) in [7, 11) is 0. The fraction of sp³-hybridized carbons (Fsp3) is 0.571. The molecule has 0 amide bonds. The van der Waals surface area contributed by atoms with Crippen LogP contribution in [0.1, 0.15) is 32.3 Å². The van der Waals surface area contributed by atoms with Crippen LogP contribution in [0, 0.1) is 0 Å². The Kier molecular flexibility index (Phi) is 3.67. The van der Waals surface area contributed by atoms with Crippen LogP contribution in [0.15, 0.2) is 24.3 Å². The van der Waals surface area contributed by atoms with Crippen LogP contribution >= 0.6 is 0 Å². The third kappa shape index (κ3) is 2.78. The summed E-state index contributed by atoms with van der Waals surface area (Å²) in [6, 6.07) is 7.45. The van der Waals surface area contributed by atoms with Gasteiger partial charge < -0.3 is 10.1 Å². The first-order valence-corrected chi connectivity index (χ1v) is 6.28. The van der Waals surface area contributed by atoms with Crippen LogP contribution in [0.2, 0.25) is 0 Å². The monoisotopic (exact) mass is 237 g/mol. The van der Waals surface area contributed by atoms with E-state index in [-0.39, 0.29) is 6.10 Å². The van der Waals surface area contributed by atoms with Crippen molar-refractivity contribution < 1.29 is 9.13 Å². The van der Waals surface area contributed by atoms with E-state index < -0.39 is 5.67 Å². The second-order valence-corrected chi connectivity index (χ2v) is 4.91. The average Bonchev–Trinajstić information content (AvgIpc) is 2.30. The molecule has 2 nitrogen and oxygen atoms in total. The summed E-state index contributed by atoms with van der Waals surface area (Å²) < 4.78 is 20.6. The molecule has 1 atom stereocenters. The highest BCUT2D eigenvalue weighted by atomic mass is 19.1. The van der Waals surface area contributed by atoms with Gasteiger partial charge in [-0.2, -0.15) is 0 Å². The van der Waals surface area contributed by atoms with Crippen LogP contribution in [0.3, 0.4) is 0 Å². The van der Waals surface area contributed by atoms with E-state index in [1.165, 1.54) is 0 Å². The van der Waals surface area contributed by atoms with Crippen LogP contribution < -0.4 is 10.1 Å². The third-order valence-electron chi connectivity index (χ3n) is 3.06. The van der Waals surface area contributed by atoms with Crippen molar-refractivity contribution in [1.82, 2.24) is 5.32 Å². The van der Waals surface area contributed by atoms with Gasteiger partial charge in [-0.1, -0.05) is 18.2 Å². The topological polar surface area (TPSA) is 21.3 Å². The van der Waals surface area contributed by atoms with Crippen LogP contribution in [0.4, 0.5) is 4.39 Å². The van der Waals surface area contributed by atoms with Crippen molar-refractivity contribution in [3.05, 3.63) is 29.8 Å². The number of para-hydroxylation sites is 1. The van der Waals surface area contributed by atoms with Gasteiger partial charge in [-0.15, -0.1) is 0 Å². The summed E-state index contributed by atoms with van der Waals surface area (Å²) in [5.74, 6) is 0.675. The molecule has 0 bridgehead atoms. The number of nitrogens with one attached hydrogen (secondary N) is 1. The molecule has 94 valence electrons. The molecule has 0 spiro atoms. The van der Waals surface area contributed by atoms with E-state index in [1.807, 2.05) is 38.1 Å². The van der Waals surface area contributed by atoms with Gasteiger partial charge in [0, 0.05) is 12.1 Å². The Morgan fingerprint density at radius 3 is 2.76 bits per heavy atom. The average molecular weight is 237 g/mol. The van der Waals surface area contributed by atoms with Gasteiger partial charge in [0.15, 0.2) is 5.67 Å². The number of rotatable bonds is 3. The van der Waals surface area contributed by atoms with Crippen LogP contribution in [0.25, 0.3) is 0 Å². The molecule has 0 radical (unpaired) electrons. The molecule has 0 aromatic heterocycles. The zero-order valence-electron chi connectivity index (χ0n) is 10.5. The Bertz CT molecular complexity index is 372. The smallest absolute Gasteiger partial charge is 0.151 e. The molecular weight excluding hydrogens is 217 g/mol. The molecule has 1 saturated heterocycles. The second kappa shape index (κ2) is 5.05. The maximum Gasteiger partial charge on any atom is 0.151 e. The number of ether oxygens (including phenoxy) is 1. The molecule has 1 fully saturated rings. The number of alkyl halides is 1. The zero-order valence-corrected chi connectivity index (χ0v) is 10.5. The molecule has 0 aliphatic carbocycles. The summed E-state index contributed by atoms with van der Waals surface area (Å²) in [4.78, 5) is 0. The van der Waals surface area contributed by atoms with Crippen molar-refractivity contribution >= 4 is 0 Å². The van der Waals surface area contributed by atoms with E-state index in [4.69, 9.17) is 4.74 Å². The van der Waals surface area contributed by atoms with Gasteiger partial charge in [0.1, 0.15) is 5.75 Å². The highest BCUT2D eigenvalue weighted by Crippen LogP contribution is 2.38. The van der Waals surface area contributed by atoms with Crippen molar-refractivity contribution in [3.8, 4) is 5.75 Å². The normalized spacial score (nSPS) is 24.9. The highest BCUT2D eigenvalue weighted by molar-refractivity contribution is 5.39. The van der Waals surface area contributed by atoms with E-state index in [0.717, 1.165) is 13.0 Å². The molecule has 1 aliphatic heterocycles. The lowest BCUT2D eigenvalue weighted by Crippen LogP contribution is -2.40. The van der Waals surface area contributed by atoms with Gasteiger partial charge in [-0.05, 0) is 39.3 Å². The Labute approximate surface area is 102 Å². The van der Waals surface area contributed by atoms with Crippen molar-refractivity contribution in [2.45, 2.75) is 38.5 Å². The third-order valence-corrected chi connectivity index (χ3v) is 3.06. The summed E-state index contributed by atoms with van der Waals surface area (Å²) in [6.07, 6.45) is 1.50. The summed E-state index contributed by atoms with van der Waals surface area (Å²) >= 11 is 0. The first-order chi connectivity index (χ1) is 8.12. The Morgan fingerprint density at radius 1 is 1.35 bits per heavy atom. The SMILES string of the molecule is CC(C)Oc1ccccc1C1(F)CCCNC1. The highest BCUT2D eigenvalue weighted by Gasteiger charge is 2.36. The Hall–Kier alpha value is -1.09. The number of benzene rings is 1. The molecule has 1 N–H and O–H groups in total. The van der Waals surface area contributed by atoms with Gasteiger partial charge in [-0.25, -0.2) is 4.39 Å². The lowest BCUT2D eigenvalue weighted by Gasteiger charge is -2.32. The van der Waals surface area contributed by atoms with E-state index in [0.29, 0.717) is 24.3 Å². The first-order valence-electron chi connectivity index (χ1n) is 6.28. The zero-order chi connectivity index (χ0) is 12.3. The molecule has 1 heterocycles. The molecular formula is C14H20FNO. The molecule has 1 aromatic rings. The van der Waals surface area contributed by atoms with Crippen molar-refractivity contribution in [2.75, 3.05) is 13.1 Å². The lowest BCUT2D eigenvalue weighted by atomic mass is 9.88. The van der Waals surface area contributed by atoms with E-state index >= 15 is 0 Å². The number of hydrogen-bond acceptors (Lipinski definition) is 2.